The summed E-state index contributed by atoms with van der Waals surface area (Å²) in [5, 5.41) is 4.86. The maximum absolute atomic E-state index is 12.1. The molecular weight excluding hydrogens is 326 g/mol. The van der Waals surface area contributed by atoms with Crippen LogP contribution in [0.25, 0.3) is 17.0 Å². The van der Waals surface area contributed by atoms with Crippen molar-refractivity contribution in [1.82, 2.24) is 10.4 Å². The highest BCUT2D eigenvalue weighted by molar-refractivity contribution is 5.86. The molecule has 1 amide bonds. The van der Waals surface area contributed by atoms with E-state index >= 15 is 0 Å². The van der Waals surface area contributed by atoms with Gasteiger partial charge in [-0.05, 0) is 30.7 Å². The summed E-state index contributed by atoms with van der Waals surface area (Å²) < 4.78 is 5.75. The van der Waals surface area contributed by atoms with Crippen molar-refractivity contribution in [3.05, 3.63) is 78.5 Å². The van der Waals surface area contributed by atoms with Crippen LogP contribution in [0, 0.1) is 0 Å². The van der Waals surface area contributed by atoms with Crippen molar-refractivity contribution in [3.8, 4) is 5.75 Å². The number of amides is 1. The molecule has 1 aromatic heterocycles. The molecule has 0 fully saturated rings. The molecule has 0 bridgehead atoms. The highest BCUT2D eigenvalue weighted by Gasteiger charge is 2.15. The fraction of sp³-hybridized carbons (Fsp3) is 0.0952. The average Bonchev–Trinajstić information content (AvgIpc) is 2.68. The van der Waals surface area contributed by atoms with Crippen molar-refractivity contribution in [3.63, 3.8) is 0 Å². The Balaban J connectivity index is 1.56. The fourth-order valence-electron chi connectivity index (χ4n) is 2.37. The zero-order valence-corrected chi connectivity index (χ0v) is 14.4. The number of hydrogen-bond acceptors (Lipinski definition) is 4. The second kappa shape index (κ2) is 8.58. The number of carbonyl (C=O) groups is 1. The lowest BCUT2D eigenvalue weighted by atomic mass is 10.2. The minimum Gasteiger partial charge on any atom is -0.479 e. The summed E-state index contributed by atoms with van der Waals surface area (Å²) >= 11 is 0. The summed E-state index contributed by atoms with van der Waals surface area (Å²) in [6, 6.07) is 19.3. The SMILES string of the molecule is CC(Oc1cccc2cccnc12)C(=O)N/N=C/C=C/c1ccccc1. The molecule has 0 aliphatic heterocycles. The third-order valence-electron chi connectivity index (χ3n) is 3.69. The largest absolute Gasteiger partial charge is 0.479 e. The zero-order valence-electron chi connectivity index (χ0n) is 14.4. The van der Waals surface area contributed by atoms with Crippen LogP contribution in [0.3, 0.4) is 0 Å². The van der Waals surface area contributed by atoms with E-state index in [4.69, 9.17) is 4.74 Å². The maximum atomic E-state index is 12.1. The van der Waals surface area contributed by atoms with Gasteiger partial charge in [0.25, 0.3) is 5.91 Å². The number of ether oxygens (including phenoxy) is 1. The predicted octanol–water partition coefficient (Wildman–Crippen LogP) is 3.82. The van der Waals surface area contributed by atoms with Gasteiger partial charge in [-0.15, -0.1) is 0 Å². The number of pyridine rings is 1. The highest BCUT2D eigenvalue weighted by atomic mass is 16.5. The van der Waals surface area contributed by atoms with E-state index in [1.54, 1.807) is 25.3 Å². The highest BCUT2D eigenvalue weighted by Crippen LogP contribution is 2.23. The minimum atomic E-state index is -0.696. The number of fused-ring (bicyclic) bond motifs is 1. The lowest BCUT2D eigenvalue weighted by molar-refractivity contribution is -0.127. The van der Waals surface area contributed by atoms with E-state index in [9.17, 15) is 4.79 Å². The summed E-state index contributed by atoms with van der Waals surface area (Å²) in [6.07, 6.45) is 6.19. The number of nitrogens with one attached hydrogen (secondary N) is 1. The van der Waals surface area contributed by atoms with Crippen LogP contribution < -0.4 is 10.2 Å². The molecule has 1 unspecified atom stereocenters. The molecule has 3 aromatic rings. The fourth-order valence-corrected chi connectivity index (χ4v) is 2.37. The van der Waals surface area contributed by atoms with Gasteiger partial charge in [0.1, 0.15) is 11.3 Å². The van der Waals surface area contributed by atoms with Crippen LogP contribution in [-0.4, -0.2) is 23.2 Å². The molecule has 0 spiro atoms. The van der Waals surface area contributed by atoms with Crippen LogP contribution in [0.4, 0.5) is 0 Å². The molecule has 1 atom stereocenters. The lowest BCUT2D eigenvalue weighted by Gasteiger charge is -2.14. The summed E-state index contributed by atoms with van der Waals surface area (Å²) in [5.74, 6) is 0.237. The number of benzene rings is 2. The van der Waals surface area contributed by atoms with Crippen molar-refractivity contribution < 1.29 is 9.53 Å². The van der Waals surface area contributed by atoms with E-state index in [1.165, 1.54) is 6.21 Å². The van der Waals surface area contributed by atoms with Gasteiger partial charge < -0.3 is 4.74 Å². The van der Waals surface area contributed by atoms with Gasteiger partial charge in [-0.1, -0.05) is 54.6 Å². The van der Waals surface area contributed by atoms with Crippen molar-refractivity contribution in [2.75, 3.05) is 0 Å². The van der Waals surface area contributed by atoms with Crippen molar-refractivity contribution >= 4 is 29.1 Å². The van der Waals surface area contributed by atoms with E-state index in [1.807, 2.05) is 60.7 Å². The third kappa shape index (κ3) is 4.54. The molecule has 2 aromatic carbocycles. The Hall–Kier alpha value is -3.47. The first kappa shape index (κ1) is 17.4. The van der Waals surface area contributed by atoms with Crippen LogP contribution in [0.2, 0.25) is 0 Å². The summed E-state index contributed by atoms with van der Waals surface area (Å²) in [6.45, 7) is 1.67. The second-order valence-corrected chi connectivity index (χ2v) is 5.62. The monoisotopic (exact) mass is 345 g/mol. The average molecular weight is 345 g/mol. The second-order valence-electron chi connectivity index (χ2n) is 5.62. The molecule has 1 N–H and O–H groups in total. The molecule has 130 valence electrons. The molecule has 0 radical (unpaired) electrons. The third-order valence-corrected chi connectivity index (χ3v) is 3.69. The zero-order chi connectivity index (χ0) is 18.2. The Morgan fingerprint density at radius 1 is 1.12 bits per heavy atom. The summed E-state index contributed by atoms with van der Waals surface area (Å²) in [5.41, 5.74) is 4.26. The Labute approximate surface area is 152 Å². The normalized spacial score (nSPS) is 12.5. The molecule has 0 saturated heterocycles. The molecule has 0 saturated carbocycles. The smallest absolute Gasteiger partial charge is 0.280 e. The molecule has 3 rings (SSSR count). The first-order valence-electron chi connectivity index (χ1n) is 8.29. The van der Waals surface area contributed by atoms with Crippen LogP contribution in [-0.2, 0) is 4.79 Å². The minimum absolute atomic E-state index is 0.331. The number of para-hydroxylation sites is 1. The van der Waals surface area contributed by atoms with Crippen LogP contribution in [0.5, 0.6) is 5.75 Å². The predicted molar refractivity (Wildman–Crippen MR) is 104 cm³/mol. The van der Waals surface area contributed by atoms with E-state index in [0.29, 0.717) is 5.75 Å². The topological polar surface area (TPSA) is 63.6 Å². The van der Waals surface area contributed by atoms with Gasteiger partial charge in [-0.2, -0.15) is 5.10 Å². The number of carbonyl (C=O) groups excluding carboxylic acids is 1. The molecule has 1 heterocycles. The molecule has 0 aliphatic rings. The Bertz CT molecular complexity index is 931. The number of allylic oxidation sites excluding steroid dienone is 1. The van der Waals surface area contributed by atoms with Crippen LogP contribution in [0.15, 0.2) is 78.0 Å². The van der Waals surface area contributed by atoms with Gasteiger partial charge in [0, 0.05) is 17.8 Å². The molecular formula is C21H19N3O2. The first-order valence-corrected chi connectivity index (χ1v) is 8.29. The standard InChI is InChI=1S/C21H19N3O2/c1-16(26-19-13-5-11-18-12-7-14-22-20(18)19)21(25)24-23-15-6-10-17-8-3-2-4-9-17/h2-16H,1H3,(H,24,25)/b10-6+,23-15+. The number of rotatable bonds is 6. The van der Waals surface area contributed by atoms with Crippen molar-refractivity contribution in [2.24, 2.45) is 5.10 Å². The van der Waals surface area contributed by atoms with E-state index < -0.39 is 6.10 Å². The first-order chi connectivity index (χ1) is 12.7. The van der Waals surface area contributed by atoms with Gasteiger partial charge in [0.15, 0.2) is 6.10 Å². The van der Waals surface area contributed by atoms with E-state index in [2.05, 4.69) is 15.5 Å². The van der Waals surface area contributed by atoms with Crippen LogP contribution in [0.1, 0.15) is 12.5 Å². The van der Waals surface area contributed by atoms with Crippen LogP contribution >= 0.6 is 0 Å². The van der Waals surface area contributed by atoms with Gasteiger partial charge in [-0.3, -0.25) is 9.78 Å². The van der Waals surface area contributed by atoms with E-state index in [0.717, 1.165) is 16.5 Å². The maximum Gasteiger partial charge on any atom is 0.280 e. The number of hydrazone groups is 1. The summed E-state index contributed by atoms with van der Waals surface area (Å²) in [7, 11) is 0. The number of hydrogen-bond donors (Lipinski definition) is 1. The quantitative estimate of drug-likeness (QED) is 0.546. The molecule has 0 aliphatic carbocycles. The van der Waals surface area contributed by atoms with Gasteiger partial charge in [0.05, 0.1) is 0 Å². The Morgan fingerprint density at radius 3 is 2.77 bits per heavy atom. The van der Waals surface area contributed by atoms with E-state index in [-0.39, 0.29) is 5.91 Å². The number of nitrogens with zero attached hydrogens (tertiary/aromatic N) is 2. The van der Waals surface area contributed by atoms with Gasteiger partial charge in [-0.25, -0.2) is 5.43 Å². The Morgan fingerprint density at radius 2 is 1.92 bits per heavy atom. The summed E-state index contributed by atoms with van der Waals surface area (Å²) in [4.78, 5) is 16.4. The van der Waals surface area contributed by atoms with Crippen molar-refractivity contribution in [1.29, 1.82) is 0 Å². The molecule has 26 heavy (non-hydrogen) atoms. The van der Waals surface area contributed by atoms with Gasteiger partial charge >= 0.3 is 0 Å². The van der Waals surface area contributed by atoms with Gasteiger partial charge in [0.2, 0.25) is 0 Å². The number of aromatic nitrogens is 1. The Kier molecular flexibility index (Phi) is 5.72. The lowest BCUT2D eigenvalue weighted by Crippen LogP contribution is -2.33. The molecule has 5 nitrogen and oxygen atoms in total. The van der Waals surface area contributed by atoms with Crippen molar-refractivity contribution in [2.45, 2.75) is 13.0 Å². The molecule has 5 heteroatoms.